The maximum Gasteiger partial charge on any atom is 0.251 e. The summed E-state index contributed by atoms with van der Waals surface area (Å²) in [6.07, 6.45) is 0.338. The summed E-state index contributed by atoms with van der Waals surface area (Å²) in [5, 5.41) is 14.4. The third-order valence-corrected chi connectivity index (χ3v) is 5.59. The Morgan fingerprint density at radius 1 is 1.17 bits per heavy atom. The van der Waals surface area contributed by atoms with Crippen LogP contribution in [0.2, 0.25) is 0 Å². The quantitative estimate of drug-likeness (QED) is 0.705. The molecular formula is C23H28N4O2. The van der Waals surface area contributed by atoms with Gasteiger partial charge in [-0.15, -0.1) is 0 Å². The zero-order valence-corrected chi connectivity index (χ0v) is 17.2. The highest BCUT2D eigenvalue weighted by Gasteiger charge is 2.40. The second kappa shape index (κ2) is 8.47. The van der Waals surface area contributed by atoms with E-state index in [1.54, 1.807) is 18.2 Å². The molecule has 0 saturated carbocycles. The normalized spacial score (nSPS) is 19.2. The summed E-state index contributed by atoms with van der Waals surface area (Å²) < 4.78 is 0. The number of carbonyl (C=O) groups is 2. The highest BCUT2D eigenvalue weighted by molar-refractivity contribution is 5.99. The first-order valence-electron chi connectivity index (χ1n) is 9.86. The molecule has 1 saturated heterocycles. The number of amides is 2. The predicted molar refractivity (Wildman–Crippen MR) is 113 cm³/mol. The molecule has 1 aliphatic rings. The van der Waals surface area contributed by atoms with Gasteiger partial charge < -0.3 is 10.6 Å². The van der Waals surface area contributed by atoms with Crippen LogP contribution in [0.15, 0.2) is 54.6 Å². The van der Waals surface area contributed by atoms with Crippen molar-refractivity contribution in [3.05, 3.63) is 71.3 Å². The molecule has 2 aromatic rings. The van der Waals surface area contributed by atoms with Crippen LogP contribution >= 0.6 is 0 Å². The molecule has 6 heteroatoms. The molecule has 1 fully saturated rings. The van der Waals surface area contributed by atoms with E-state index in [0.717, 1.165) is 11.1 Å². The molecule has 152 valence electrons. The smallest absolute Gasteiger partial charge is 0.251 e. The molecule has 0 unspecified atom stereocenters. The van der Waals surface area contributed by atoms with Crippen LogP contribution in [-0.2, 0) is 17.9 Å². The van der Waals surface area contributed by atoms with Gasteiger partial charge in [0.15, 0.2) is 5.96 Å². The van der Waals surface area contributed by atoms with E-state index < -0.39 is 5.54 Å². The standard InChI is InChI=1S/C23H28N4O2/c1-16(2)23(3)13-20(28)27(22(24)26-23)15-18-10-7-11-19(12-18)21(29)25-14-17-8-5-4-6-9-17/h4-12,16H,13-15H2,1-3H3,(H2,24,26)(H,25,29)/t23-/m0/s1. The SMILES string of the molecule is CC(C)[C@]1(C)CC(=O)N(Cc2cccc(C(=O)NCc3ccccc3)c2)C(=N)N1. The number of benzene rings is 2. The van der Waals surface area contributed by atoms with Crippen LogP contribution in [0.3, 0.4) is 0 Å². The Morgan fingerprint density at radius 3 is 2.52 bits per heavy atom. The van der Waals surface area contributed by atoms with Gasteiger partial charge in [0.2, 0.25) is 5.91 Å². The number of guanidine groups is 1. The van der Waals surface area contributed by atoms with Gasteiger partial charge in [-0.1, -0.05) is 56.3 Å². The fourth-order valence-corrected chi connectivity index (χ4v) is 3.31. The van der Waals surface area contributed by atoms with Crippen LogP contribution in [0.25, 0.3) is 0 Å². The largest absolute Gasteiger partial charge is 0.350 e. The second-order valence-corrected chi connectivity index (χ2v) is 8.07. The summed E-state index contributed by atoms with van der Waals surface area (Å²) in [5.41, 5.74) is 1.97. The van der Waals surface area contributed by atoms with Crippen LogP contribution in [0.5, 0.6) is 0 Å². The highest BCUT2D eigenvalue weighted by atomic mass is 16.2. The van der Waals surface area contributed by atoms with Crippen molar-refractivity contribution >= 4 is 17.8 Å². The lowest BCUT2D eigenvalue weighted by Crippen LogP contribution is -2.62. The average molecular weight is 393 g/mol. The lowest BCUT2D eigenvalue weighted by molar-refractivity contribution is -0.131. The number of nitrogens with one attached hydrogen (secondary N) is 3. The lowest BCUT2D eigenvalue weighted by Gasteiger charge is -2.43. The summed E-state index contributed by atoms with van der Waals surface area (Å²) in [5.74, 6) is 0.0899. The number of nitrogens with zero attached hydrogens (tertiary/aromatic N) is 1. The first kappa shape index (κ1) is 20.6. The minimum Gasteiger partial charge on any atom is -0.350 e. The van der Waals surface area contributed by atoms with Gasteiger partial charge in [-0.05, 0) is 36.1 Å². The molecule has 0 aliphatic carbocycles. The Kier molecular flexibility index (Phi) is 6.01. The molecule has 2 aromatic carbocycles. The molecule has 1 atom stereocenters. The second-order valence-electron chi connectivity index (χ2n) is 8.07. The van der Waals surface area contributed by atoms with E-state index in [4.69, 9.17) is 5.41 Å². The van der Waals surface area contributed by atoms with E-state index in [9.17, 15) is 9.59 Å². The molecule has 1 aliphatic heterocycles. The molecule has 6 nitrogen and oxygen atoms in total. The molecule has 3 N–H and O–H groups in total. The van der Waals surface area contributed by atoms with Crippen molar-refractivity contribution in [3.8, 4) is 0 Å². The number of hydrogen-bond acceptors (Lipinski definition) is 3. The van der Waals surface area contributed by atoms with E-state index >= 15 is 0 Å². The van der Waals surface area contributed by atoms with Crippen molar-refractivity contribution in [3.63, 3.8) is 0 Å². The summed E-state index contributed by atoms with van der Waals surface area (Å²) in [6, 6.07) is 16.9. The Hall–Kier alpha value is -3.15. The monoisotopic (exact) mass is 392 g/mol. The van der Waals surface area contributed by atoms with Crippen LogP contribution in [0, 0.1) is 11.3 Å². The van der Waals surface area contributed by atoms with E-state index in [2.05, 4.69) is 10.6 Å². The van der Waals surface area contributed by atoms with Gasteiger partial charge >= 0.3 is 0 Å². The minimum absolute atomic E-state index is 0.0797. The van der Waals surface area contributed by atoms with Gasteiger partial charge in [-0.25, -0.2) is 0 Å². The summed E-state index contributed by atoms with van der Waals surface area (Å²) >= 11 is 0. The van der Waals surface area contributed by atoms with E-state index in [1.165, 1.54) is 4.90 Å². The van der Waals surface area contributed by atoms with Crippen LogP contribution < -0.4 is 10.6 Å². The molecule has 0 radical (unpaired) electrons. The molecule has 0 spiro atoms. The third kappa shape index (κ3) is 4.83. The van der Waals surface area contributed by atoms with Crippen LogP contribution in [0.4, 0.5) is 0 Å². The van der Waals surface area contributed by atoms with Gasteiger partial charge in [-0.2, -0.15) is 0 Å². The minimum atomic E-state index is -0.413. The first-order chi connectivity index (χ1) is 13.8. The van der Waals surface area contributed by atoms with Crippen molar-refractivity contribution in [2.45, 2.75) is 45.8 Å². The Balaban J connectivity index is 1.66. The Labute approximate surface area is 171 Å². The fraction of sp³-hybridized carbons (Fsp3) is 0.348. The predicted octanol–water partition coefficient (Wildman–Crippen LogP) is 3.29. The topological polar surface area (TPSA) is 85.3 Å². The molecule has 2 amide bonds. The van der Waals surface area contributed by atoms with Crippen LogP contribution in [-0.4, -0.2) is 28.2 Å². The van der Waals surface area contributed by atoms with Gasteiger partial charge in [0, 0.05) is 17.6 Å². The number of hydrogen-bond donors (Lipinski definition) is 3. The van der Waals surface area contributed by atoms with E-state index in [0.29, 0.717) is 18.5 Å². The van der Waals surface area contributed by atoms with E-state index in [-0.39, 0.29) is 30.2 Å². The van der Waals surface area contributed by atoms with Gasteiger partial charge in [-0.3, -0.25) is 19.9 Å². The lowest BCUT2D eigenvalue weighted by atomic mass is 9.83. The Morgan fingerprint density at radius 2 is 1.86 bits per heavy atom. The number of carbonyl (C=O) groups excluding carboxylic acids is 2. The zero-order chi connectivity index (χ0) is 21.0. The summed E-state index contributed by atoms with van der Waals surface area (Å²) in [4.78, 5) is 26.6. The fourth-order valence-electron chi connectivity index (χ4n) is 3.31. The zero-order valence-electron chi connectivity index (χ0n) is 17.2. The average Bonchev–Trinajstić information content (AvgIpc) is 2.70. The van der Waals surface area contributed by atoms with Crippen molar-refractivity contribution in [1.29, 1.82) is 5.41 Å². The maximum atomic E-state index is 12.7. The molecule has 29 heavy (non-hydrogen) atoms. The molecule has 1 heterocycles. The van der Waals surface area contributed by atoms with Crippen molar-refractivity contribution < 1.29 is 9.59 Å². The molecule has 0 bridgehead atoms. The van der Waals surface area contributed by atoms with E-state index in [1.807, 2.05) is 57.2 Å². The molecule has 0 aromatic heterocycles. The van der Waals surface area contributed by atoms with Crippen LogP contribution in [0.1, 0.15) is 48.7 Å². The van der Waals surface area contributed by atoms with Gasteiger partial charge in [0.05, 0.1) is 13.0 Å². The number of rotatable bonds is 6. The summed E-state index contributed by atoms with van der Waals surface area (Å²) in [6.45, 7) is 6.77. The van der Waals surface area contributed by atoms with Crippen molar-refractivity contribution in [1.82, 2.24) is 15.5 Å². The summed E-state index contributed by atoms with van der Waals surface area (Å²) in [7, 11) is 0. The first-order valence-corrected chi connectivity index (χ1v) is 9.86. The highest BCUT2D eigenvalue weighted by Crippen LogP contribution is 2.26. The third-order valence-electron chi connectivity index (χ3n) is 5.59. The van der Waals surface area contributed by atoms with Gasteiger partial charge in [0.25, 0.3) is 5.91 Å². The molecule has 3 rings (SSSR count). The molecular weight excluding hydrogens is 364 g/mol. The Bertz CT molecular complexity index is 890. The maximum absolute atomic E-state index is 12.7. The van der Waals surface area contributed by atoms with Gasteiger partial charge in [0.1, 0.15) is 0 Å². The van der Waals surface area contributed by atoms with Crippen molar-refractivity contribution in [2.75, 3.05) is 0 Å². The van der Waals surface area contributed by atoms with Crippen molar-refractivity contribution in [2.24, 2.45) is 5.92 Å².